The van der Waals surface area contributed by atoms with E-state index in [0.29, 0.717) is 0 Å². The van der Waals surface area contributed by atoms with E-state index in [2.05, 4.69) is 4.98 Å². The van der Waals surface area contributed by atoms with Crippen LogP contribution in [0.25, 0.3) is 0 Å². The number of phenols is 1. The quantitative estimate of drug-likeness (QED) is 0.937. The number of aryl methyl sites for hydroxylation is 1. The van der Waals surface area contributed by atoms with Crippen LogP contribution in [0.5, 0.6) is 5.75 Å². The third-order valence-electron chi connectivity index (χ3n) is 2.74. The van der Waals surface area contributed by atoms with E-state index < -0.39 is 10.0 Å². The average molecular weight is 298 g/mol. The molecule has 0 amide bonds. The molecule has 0 atom stereocenters. The number of nitrogens with zero attached hydrogens (tertiary/aromatic N) is 2. The lowest BCUT2D eigenvalue weighted by molar-refractivity contribution is 0.461. The Bertz CT molecular complexity index is 680. The highest BCUT2D eigenvalue weighted by Gasteiger charge is 2.22. The van der Waals surface area contributed by atoms with Crippen molar-refractivity contribution in [2.45, 2.75) is 18.4 Å². The van der Waals surface area contributed by atoms with E-state index in [4.69, 9.17) is 0 Å². The van der Waals surface area contributed by atoms with Gasteiger partial charge in [0.15, 0.2) is 0 Å². The van der Waals surface area contributed by atoms with Crippen molar-refractivity contribution in [3.8, 4) is 5.75 Å². The Balaban J connectivity index is 2.27. The van der Waals surface area contributed by atoms with Crippen LogP contribution < -0.4 is 0 Å². The molecule has 2 aromatic rings. The highest BCUT2D eigenvalue weighted by atomic mass is 32.2. The van der Waals surface area contributed by atoms with E-state index in [-0.39, 0.29) is 17.2 Å². The van der Waals surface area contributed by atoms with E-state index in [0.717, 1.165) is 10.6 Å². The van der Waals surface area contributed by atoms with Gasteiger partial charge in [-0.3, -0.25) is 0 Å². The van der Waals surface area contributed by atoms with Gasteiger partial charge >= 0.3 is 0 Å². The third kappa shape index (κ3) is 2.94. The minimum atomic E-state index is -3.60. The number of aromatic hydroxyl groups is 1. The molecular weight excluding hydrogens is 284 g/mol. The molecule has 0 radical (unpaired) electrons. The van der Waals surface area contributed by atoms with Crippen LogP contribution >= 0.6 is 11.3 Å². The van der Waals surface area contributed by atoms with Crippen LogP contribution in [-0.4, -0.2) is 29.9 Å². The maximum Gasteiger partial charge on any atom is 0.243 e. The molecule has 1 heterocycles. The molecule has 0 aliphatic heterocycles. The van der Waals surface area contributed by atoms with Crippen LogP contribution in [0.4, 0.5) is 0 Å². The van der Waals surface area contributed by atoms with Gasteiger partial charge in [-0.1, -0.05) is 6.07 Å². The monoisotopic (exact) mass is 298 g/mol. The largest absolute Gasteiger partial charge is 0.508 e. The first-order valence-electron chi connectivity index (χ1n) is 5.55. The van der Waals surface area contributed by atoms with Gasteiger partial charge in [0.05, 0.1) is 16.1 Å². The summed E-state index contributed by atoms with van der Waals surface area (Å²) in [7, 11) is -2.09. The van der Waals surface area contributed by atoms with E-state index in [1.165, 1.54) is 47.0 Å². The standard InChI is InChI=1S/C12H14N2O3S2/c1-9-12(18-8-13-9)7-14(2)19(16,17)11-5-3-4-10(15)6-11/h3-6,8,15H,7H2,1-2H3. The predicted molar refractivity (Wildman–Crippen MR) is 73.6 cm³/mol. The molecule has 1 N–H and O–H groups in total. The Morgan fingerprint density at radius 1 is 1.42 bits per heavy atom. The molecule has 0 bridgehead atoms. The van der Waals surface area contributed by atoms with Crippen LogP contribution in [0.3, 0.4) is 0 Å². The minimum absolute atomic E-state index is 0.0663. The summed E-state index contributed by atoms with van der Waals surface area (Å²) in [6, 6.07) is 5.65. The summed E-state index contributed by atoms with van der Waals surface area (Å²) >= 11 is 1.43. The van der Waals surface area contributed by atoms with Gasteiger partial charge in [-0.15, -0.1) is 11.3 Å². The first-order chi connectivity index (χ1) is 8.91. The molecule has 5 nitrogen and oxygen atoms in total. The van der Waals surface area contributed by atoms with Crippen LogP contribution in [0, 0.1) is 6.92 Å². The second-order valence-corrected chi connectivity index (χ2v) is 7.10. The fourth-order valence-corrected chi connectivity index (χ4v) is 3.68. The number of sulfonamides is 1. The Kier molecular flexibility index (Phi) is 3.88. The number of phenolic OH excluding ortho intramolecular Hbond substituents is 1. The second-order valence-electron chi connectivity index (χ2n) is 4.12. The summed E-state index contributed by atoms with van der Waals surface area (Å²) in [6.45, 7) is 2.12. The van der Waals surface area contributed by atoms with Crippen molar-refractivity contribution in [1.82, 2.24) is 9.29 Å². The molecule has 0 aliphatic rings. The summed E-state index contributed by atoms with van der Waals surface area (Å²) in [6.07, 6.45) is 0. The molecule has 2 rings (SSSR count). The van der Waals surface area contributed by atoms with Crippen LogP contribution in [0.1, 0.15) is 10.6 Å². The van der Waals surface area contributed by atoms with Crippen molar-refractivity contribution in [2.24, 2.45) is 0 Å². The number of thiazole rings is 1. The van der Waals surface area contributed by atoms with Crippen molar-refractivity contribution < 1.29 is 13.5 Å². The van der Waals surface area contributed by atoms with Crippen LogP contribution in [0.2, 0.25) is 0 Å². The number of rotatable bonds is 4. The van der Waals surface area contributed by atoms with Gasteiger partial charge < -0.3 is 5.11 Å². The highest BCUT2D eigenvalue weighted by Crippen LogP contribution is 2.22. The number of hydrogen-bond acceptors (Lipinski definition) is 5. The lowest BCUT2D eigenvalue weighted by atomic mass is 10.3. The zero-order chi connectivity index (χ0) is 14.0. The van der Waals surface area contributed by atoms with Crippen molar-refractivity contribution in [3.05, 3.63) is 40.3 Å². The van der Waals surface area contributed by atoms with Gasteiger partial charge in [-0.25, -0.2) is 13.4 Å². The molecule has 0 saturated heterocycles. The number of hydrogen-bond donors (Lipinski definition) is 1. The summed E-state index contributed by atoms with van der Waals surface area (Å²) in [5.74, 6) is -0.0663. The summed E-state index contributed by atoms with van der Waals surface area (Å²) in [5, 5.41) is 9.37. The molecule has 0 unspecified atom stereocenters. The molecule has 0 fully saturated rings. The Hall–Kier alpha value is -1.44. The van der Waals surface area contributed by atoms with Gasteiger partial charge in [-0.2, -0.15) is 4.31 Å². The molecule has 0 spiro atoms. The molecular formula is C12H14N2O3S2. The predicted octanol–water partition coefficient (Wildman–Crippen LogP) is 1.98. The number of aromatic nitrogens is 1. The summed E-state index contributed by atoms with van der Waals surface area (Å²) < 4.78 is 25.9. The first-order valence-corrected chi connectivity index (χ1v) is 7.87. The van der Waals surface area contributed by atoms with Crippen molar-refractivity contribution in [1.29, 1.82) is 0 Å². The Labute approximate surface area is 116 Å². The van der Waals surface area contributed by atoms with Gasteiger partial charge in [-0.05, 0) is 25.1 Å². The lowest BCUT2D eigenvalue weighted by Gasteiger charge is -2.16. The van der Waals surface area contributed by atoms with Crippen molar-refractivity contribution in [2.75, 3.05) is 7.05 Å². The SMILES string of the molecule is Cc1ncsc1CN(C)S(=O)(=O)c1cccc(O)c1. The number of benzene rings is 1. The van der Waals surface area contributed by atoms with Crippen LogP contribution in [0.15, 0.2) is 34.7 Å². The topological polar surface area (TPSA) is 70.5 Å². The zero-order valence-corrected chi connectivity index (χ0v) is 12.2. The lowest BCUT2D eigenvalue weighted by Crippen LogP contribution is -2.26. The molecule has 0 saturated carbocycles. The fraction of sp³-hybridized carbons (Fsp3) is 0.250. The van der Waals surface area contributed by atoms with Gasteiger partial charge in [0, 0.05) is 18.5 Å². The third-order valence-corrected chi connectivity index (χ3v) is 5.46. The minimum Gasteiger partial charge on any atom is -0.508 e. The Morgan fingerprint density at radius 3 is 2.74 bits per heavy atom. The molecule has 0 aliphatic carbocycles. The zero-order valence-electron chi connectivity index (χ0n) is 10.6. The highest BCUT2D eigenvalue weighted by molar-refractivity contribution is 7.89. The Morgan fingerprint density at radius 2 is 2.16 bits per heavy atom. The normalized spacial score (nSPS) is 11.9. The van der Waals surface area contributed by atoms with Gasteiger partial charge in [0.1, 0.15) is 5.75 Å². The van der Waals surface area contributed by atoms with E-state index in [1.54, 1.807) is 5.51 Å². The molecule has 1 aromatic heterocycles. The molecule has 7 heteroatoms. The second kappa shape index (κ2) is 5.28. The molecule has 1 aromatic carbocycles. The van der Waals surface area contributed by atoms with Crippen LogP contribution in [-0.2, 0) is 16.6 Å². The van der Waals surface area contributed by atoms with E-state index in [9.17, 15) is 13.5 Å². The van der Waals surface area contributed by atoms with E-state index >= 15 is 0 Å². The fourth-order valence-electron chi connectivity index (χ4n) is 1.59. The smallest absolute Gasteiger partial charge is 0.243 e. The van der Waals surface area contributed by atoms with E-state index in [1.807, 2.05) is 6.92 Å². The maximum atomic E-state index is 12.3. The maximum absolute atomic E-state index is 12.3. The summed E-state index contributed by atoms with van der Waals surface area (Å²) in [5.41, 5.74) is 2.53. The van der Waals surface area contributed by atoms with Gasteiger partial charge in [0.2, 0.25) is 10.0 Å². The first kappa shape index (κ1) is 14.0. The van der Waals surface area contributed by atoms with Gasteiger partial charge in [0.25, 0.3) is 0 Å². The molecule has 19 heavy (non-hydrogen) atoms. The molecule has 102 valence electrons. The van der Waals surface area contributed by atoms with Crippen molar-refractivity contribution in [3.63, 3.8) is 0 Å². The average Bonchev–Trinajstić information content (AvgIpc) is 2.75. The van der Waals surface area contributed by atoms with Crippen molar-refractivity contribution >= 4 is 21.4 Å². The summed E-state index contributed by atoms with van der Waals surface area (Å²) in [4.78, 5) is 5.08.